The molecular formula is C50H76N2NiO2. The van der Waals surface area contributed by atoms with E-state index in [1.807, 2.05) is 0 Å². The molecule has 0 aliphatic carbocycles. The molecule has 0 aliphatic rings. The minimum Gasteiger partial charge on any atom is -0.873 e. The summed E-state index contributed by atoms with van der Waals surface area (Å²) in [5.41, 5.74) is 11.8. The molecule has 3 rings (SSSR count). The van der Waals surface area contributed by atoms with E-state index < -0.39 is 0 Å². The summed E-state index contributed by atoms with van der Waals surface area (Å²) in [4.78, 5) is 10.8. The number of hydrogen-bond donors (Lipinski definition) is 0. The Labute approximate surface area is 348 Å². The van der Waals surface area contributed by atoms with Crippen molar-refractivity contribution in [1.82, 2.24) is 0 Å². The molecule has 0 aliphatic heterocycles. The van der Waals surface area contributed by atoms with Crippen LogP contribution in [0.5, 0.6) is 11.5 Å². The fourth-order valence-corrected chi connectivity index (χ4v) is 7.12. The summed E-state index contributed by atoms with van der Waals surface area (Å²) in [6.45, 7) is 17.4. The van der Waals surface area contributed by atoms with Gasteiger partial charge in [0.05, 0.1) is 22.8 Å². The zero-order chi connectivity index (χ0) is 39.6. The number of unbranched alkanes of at least 4 members (excludes halogenated alkanes) is 8. The third-order valence-corrected chi connectivity index (χ3v) is 10.3. The van der Waals surface area contributed by atoms with Crippen molar-refractivity contribution >= 4 is 22.8 Å². The van der Waals surface area contributed by atoms with Gasteiger partial charge >= 0.3 is 16.5 Å². The molecule has 55 heavy (non-hydrogen) atoms. The first kappa shape index (κ1) is 50.1. The van der Waals surface area contributed by atoms with Crippen molar-refractivity contribution in [3.8, 4) is 11.5 Å². The Kier molecular flexibility index (Phi) is 27.6. The molecule has 0 heterocycles. The van der Waals surface area contributed by atoms with E-state index in [-0.39, 0.29) is 28.0 Å². The molecule has 0 saturated carbocycles. The molecule has 0 unspecified atom stereocenters. The van der Waals surface area contributed by atoms with E-state index in [1.54, 1.807) is 19.1 Å². The minimum atomic E-state index is -0.339. The summed E-state index contributed by atoms with van der Waals surface area (Å²) < 4.78 is 0. The van der Waals surface area contributed by atoms with Crippen LogP contribution in [-0.2, 0) is 48.6 Å². The topological polar surface area (TPSA) is 70.8 Å². The Morgan fingerprint density at radius 2 is 0.818 bits per heavy atom. The number of aryl methyl sites for hydroxylation is 6. The minimum absolute atomic E-state index is 0. The molecule has 5 heteroatoms. The van der Waals surface area contributed by atoms with Gasteiger partial charge in [0.15, 0.2) is 0 Å². The maximum atomic E-state index is 11.4. The van der Waals surface area contributed by atoms with Gasteiger partial charge in [0.25, 0.3) is 0 Å². The molecule has 0 atom stereocenters. The van der Waals surface area contributed by atoms with Crippen LogP contribution in [0.15, 0.2) is 58.5 Å². The van der Waals surface area contributed by atoms with Crippen LogP contribution in [0.1, 0.15) is 191 Å². The smallest absolute Gasteiger partial charge is 0.873 e. The van der Waals surface area contributed by atoms with Crippen LogP contribution in [0, 0.1) is 6.92 Å². The first-order valence-electron chi connectivity index (χ1n) is 22.1. The normalized spacial score (nSPS) is 11.6. The van der Waals surface area contributed by atoms with Gasteiger partial charge in [0, 0.05) is 0 Å². The Bertz CT molecular complexity index is 1540. The van der Waals surface area contributed by atoms with Crippen LogP contribution in [0.25, 0.3) is 0 Å². The molecule has 0 fully saturated rings. The summed E-state index contributed by atoms with van der Waals surface area (Å²) in [5, 5.41) is 22.6. The number of rotatable bonds is 25. The van der Waals surface area contributed by atoms with Crippen molar-refractivity contribution in [2.24, 2.45) is 9.98 Å². The van der Waals surface area contributed by atoms with Gasteiger partial charge in [0.2, 0.25) is 0 Å². The van der Waals surface area contributed by atoms with Crippen LogP contribution in [-0.4, -0.2) is 11.4 Å². The van der Waals surface area contributed by atoms with Crippen LogP contribution in [0.4, 0.5) is 11.4 Å². The van der Waals surface area contributed by atoms with E-state index in [9.17, 15) is 10.2 Å². The second kappa shape index (κ2) is 30.3. The SMILES string of the molecule is CCCCCCCCC(=Nc1ccc(CCC)c(CCC)c1)C(CCCCC)=Nc1ccc(CCC)c(CCC)c1.CCCCc1ccc(C)c([O-])c1[O-].[Ni+2]. The molecule has 0 saturated heterocycles. The molecule has 0 amide bonds. The first-order valence-corrected chi connectivity index (χ1v) is 22.1. The molecule has 0 bridgehead atoms. The molecule has 3 aromatic carbocycles. The largest absolute Gasteiger partial charge is 2.00 e. The standard InChI is InChI=1S/C39H62N2.C11H16O2.Ni/c1-7-13-15-16-17-19-25-39(41-37-29-27-33(21-10-4)35(31-37)23-12-6)38(24-18-14-8-2)40-36-28-26-32(20-9-3)34(30-36)22-11-5;1-3-4-5-9-7-6-8(2)10(12)11(9)13;/h26-31H,7-25H2,1-6H3;6-7,12-13H,3-5H2,1-2H3;/q;;+2/p-2. The fourth-order valence-electron chi connectivity index (χ4n) is 7.12. The van der Waals surface area contributed by atoms with Crippen molar-refractivity contribution in [1.29, 1.82) is 0 Å². The van der Waals surface area contributed by atoms with Crippen LogP contribution >= 0.6 is 0 Å². The second-order valence-corrected chi connectivity index (χ2v) is 15.3. The number of benzene rings is 3. The molecule has 4 nitrogen and oxygen atoms in total. The van der Waals surface area contributed by atoms with Crippen molar-refractivity contribution in [2.75, 3.05) is 0 Å². The molecule has 0 spiro atoms. The first-order chi connectivity index (χ1) is 26.3. The van der Waals surface area contributed by atoms with Gasteiger partial charge < -0.3 is 10.2 Å². The quantitative estimate of drug-likeness (QED) is 0.0487. The third kappa shape index (κ3) is 18.7. The third-order valence-electron chi connectivity index (χ3n) is 10.3. The van der Waals surface area contributed by atoms with Gasteiger partial charge in [-0.25, -0.2) is 0 Å². The maximum Gasteiger partial charge on any atom is 2.00 e. The molecule has 0 radical (unpaired) electrons. The van der Waals surface area contributed by atoms with Crippen LogP contribution in [0.2, 0.25) is 0 Å². The Hall–Kier alpha value is -2.91. The summed E-state index contributed by atoms with van der Waals surface area (Å²) in [6, 6.07) is 17.4. The van der Waals surface area contributed by atoms with Crippen LogP contribution < -0.4 is 10.2 Å². The zero-order valence-electron chi connectivity index (χ0n) is 36.2. The molecular weight excluding hydrogens is 719 g/mol. The van der Waals surface area contributed by atoms with E-state index in [2.05, 4.69) is 84.9 Å². The summed E-state index contributed by atoms with van der Waals surface area (Å²) in [6.07, 6.45) is 25.5. The van der Waals surface area contributed by atoms with Gasteiger partial charge in [0.1, 0.15) is 0 Å². The maximum absolute atomic E-state index is 11.4. The van der Waals surface area contributed by atoms with E-state index in [4.69, 9.17) is 9.98 Å². The second-order valence-electron chi connectivity index (χ2n) is 15.3. The predicted molar refractivity (Wildman–Crippen MR) is 234 cm³/mol. The van der Waals surface area contributed by atoms with E-state index in [1.165, 1.54) is 117 Å². The number of hydrogen-bond acceptors (Lipinski definition) is 4. The Morgan fingerprint density at radius 1 is 0.418 bits per heavy atom. The Balaban J connectivity index is 0.000000910. The van der Waals surface area contributed by atoms with Gasteiger partial charge in [-0.05, 0) is 118 Å². The average Bonchev–Trinajstić information content (AvgIpc) is 3.17. The van der Waals surface area contributed by atoms with Crippen molar-refractivity contribution in [3.05, 3.63) is 81.9 Å². The van der Waals surface area contributed by atoms with Crippen molar-refractivity contribution in [3.63, 3.8) is 0 Å². The number of nitrogens with zero attached hydrogens (tertiary/aromatic N) is 2. The van der Waals surface area contributed by atoms with Gasteiger partial charge in [-0.2, -0.15) is 0 Å². The van der Waals surface area contributed by atoms with E-state index in [0.717, 1.165) is 69.2 Å². The predicted octanol–water partition coefficient (Wildman–Crippen LogP) is 14.2. The summed E-state index contributed by atoms with van der Waals surface area (Å²) in [5.74, 6) is -0.651. The average molecular weight is 796 g/mol. The van der Waals surface area contributed by atoms with Crippen molar-refractivity contribution < 1.29 is 26.7 Å². The monoisotopic (exact) mass is 795 g/mol. The van der Waals surface area contributed by atoms with E-state index >= 15 is 0 Å². The van der Waals surface area contributed by atoms with Gasteiger partial charge in [-0.15, -0.1) is 11.5 Å². The molecule has 308 valence electrons. The van der Waals surface area contributed by atoms with Crippen molar-refractivity contribution in [2.45, 2.75) is 197 Å². The fraction of sp³-hybridized carbons (Fsp3) is 0.600. The Morgan fingerprint density at radius 3 is 1.29 bits per heavy atom. The van der Waals surface area contributed by atoms with Gasteiger partial charge in [-0.3, -0.25) is 9.98 Å². The molecule has 0 aromatic heterocycles. The van der Waals surface area contributed by atoms with Crippen LogP contribution in [0.3, 0.4) is 0 Å². The molecule has 0 N–H and O–H groups in total. The zero-order valence-corrected chi connectivity index (χ0v) is 37.2. The van der Waals surface area contributed by atoms with E-state index in [0.29, 0.717) is 11.1 Å². The summed E-state index contributed by atoms with van der Waals surface area (Å²) >= 11 is 0. The number of aliphatic imine (C=N–C) groups is 2. The summed E-state index contributed by atoms with van der Waals surface area (Å²) in [7, 11) is 0. The van der Waals surface area contributed by atoms with Gasteiger partial charge in [-0.1, -0.05) is 161 Å². The molecule has 3 aromatic rings.